The largest absolute Gasteiger partial charge is 0.481 e. The average molecular weight is 1830 g/mol. The van der Waals surface area contributed by atoms with Gasteiger partial charge in [0.25, 0.3) is 0 Å². The van der Waals surface area contributed by atoms with E-state index >= 15 is 0 Å². The number of aromatic amines is 1. The van der Waals surface area contributed by atoms with Crippen LogP contribution < -0.4 is 103 Å². The number of unbranched alkanes of at least 4 members (excludes halogenated alkanes) is 4. The zero-order valence-corrected chi connectivity index (χ0v) is 76.3. The first-order valence-corrected chi connectivity index (χ1v) is 44.4. The number of nitrogens with one attached hydrogen (secondary N) is 16. The number of carbonyl (C=O) groups is 20. The smallest absolute Gasteiger partial charge is 0.303 e. The van der Waals surface area contributed by atoms with Gasteiger partial charge in [0.05, 0.1) is 19.3 Å². The summed E-state index contributed by atoms with van der Waals surface area (Å²) in [6.07, 6.45) is -0.395. The molecule has 129 heavy (non-hydrogen) atoms. The second-order valence-electron chi connectivity index (χ2n) is 34.3. The second kappa shape index (κ2) is 63.6. The van der Waals surface area contributed by atoms with Crippen LogP contribution in [0.4, 0.5) is 0 Å². The third kappa shape index (κ3) is 49.7. The van der Waals surface area contributed by atoms with Crippen LogP contribution in [0.3, 0.4) is 0 Å². The molecule has 45 nitrogen and oxygen atoms in total. The highest BCUT2D eigenvalue weighted by Crippen LogP contribution is 2.18. The lowest BCUT2D eigenvalue weighted by Crippen LogP contribution is -2.61. The Morgan fingerprint density at radius 2 is 0.512 bits per heavy atom. The summed E-state index contributed by atoms with van der Waals surface area (Å²) in [6, 6.07) is -20.9. The van der Waals surface area contributed by atoms with E-state index in [9.17, 15) is 116 Å². The third-order valence-corrected chi connectivity index (χ3v) is 20.2. The summed E-state index contributed by atoms with van der Waals surface area (Å²) in [7, 11) is 0. The number of rotatable bonds is 70. The van der Waals surface area contributed by atoms with Gasteiger partial charge >= 0.3 is 23.9 Å². The van der Waals surface area contributed by atoms with Crippen molar-refractivity contribution in [1.82, 2.24) is 89.7 Å². The maximum Gasteiger partial charge on any atom is 0.303 e. The molecule has 0 fully saturated rings. The summed E-state index contributed by atoms with van der Waals surface area (Å²) in [5.41, 5.74) is 23.6. The van der Waals surface area contributed by atoms with Crippen molar-refractivity contribution < 1.29 is 116 Å². The number of hydrogen-bond donors (Lipinski definition) is 24. The van der Waals surface area contributed by atoms with Crippen molar-refractivity contribution in [2.45, 2.75) is 328 Å². The molecule has 0 saturated heterocycles. The van der Waals surface area contributed by atoms with E-state index in [1.54, 1.807) is 69.2 Å². The molecule has 45 heteroatoms. The summed E-state index contributed by atoms with van der Waals surface area (Å²) in [5.74, 6) is -21.4. The molecule has 0 aliphatic carbocycles. The molecule has 0 saturated carbocycles. The summed E-state index contributed by atoms with van der Waals surface area (Å²) >= 11 is 0. The van der Waals surface area contributed by atoms with Crippen LogP contribution in [-0.4, -0.2) is 266 Å². The second-order valence-corrected chi connectivity index (χ2v) is 34.3. The molecule has 0 bridgehead atoms. The first kappa shape index (κ1) is 116. The van der Waals surface area contributed by atoms with Gasteiger partial charge in [0.2, 0.25) is 88.6 Å². The number of hydrogen-bond acceptors (Lipinski definition) is 25. The molecule has 0 aromatic carbocycles. The number of carbonyl (C=O) groups excluding carboxylic acids is 16. The fraction of sp³-hybridized carbons (Fsp3) is 0.726. The van der Waals surface area contributed by atoms with E-state index in [1.807, 2.05) is 0 Å². The van der Waals surface area contributed by atoms with Gasteiger partial charge in [0.15, 0.2) is 0 Å². The van der Waals surface area contributed by atoms with Crippen LogP contribution in [0.25, 0.3) is 0 Å². The number of aromatic nitrogens is 2. The van der Waals surface area contributed by atoms with E-state index < -0.39 is 254 Å². The molecule has 730 valence electrons. The first-order valence-electron chi connectivity index (χ1n) is 44.4. The lowest BCUT2D eigenvalue weighted by atomic mass is 9.98. The van der Waals surface area contributed by atoms with E-state index in [2.05, 4.69) is 89.7 Å². The SMILES string of the molecule is CC(C)C[C@H](NC(=O)[C@H](CCC(=O)O)NC(=O)[C@H](CCC(=O)O)NC(=O)Cc1cnc[nH]1)C(=O)N[C@@H](CC(C)C)C(=O)N[C@@H](CCCCN)C(=O)N[C@@H](CCCCN)C(=O)N[C@@H](CC(C)C)C(=O)N[C@@H](CCC(=O)O)C(=O)N[C@@H](CCC(=O)O)C(=O)N[C@@H](CC(C)C)C(=O)N[C@@H](CC(C)C)C(=O)N[C@@H](CCCCN)C(=O)N[C@@H](CCCCN)C(=O)N[C@@H](C)C(=O)NCC=O. The van der Waals surface area contributed by atoms with Crippen LogP contribution >= 0.6 is 0 Å². The summed E-state index contributed by atoms with van der Waals surface area (Å²) in [4.78, 5) is 279. The number of nitrogens with zero attached hydrogens (tertiary/aromatic N) is 1. The Hall–Kier alpha value is -11.3. The number of H-pyrrole nitrogens is 1. The minimum atomic E-state index is -1.84. The standard InChI is InChI=1S/C84H145N21O24/c1-46(2)38-61(101-75(120)56(23-15-19-35-88)95-74(119)55(22-14-18-34-87)97-81(126)63(40-48(5)6)105-83(128)64(41-49(7)8)102-78(123)59(26-30-69(112)113)98-76(121)57(24-28-67(108)109)93-66(107)43-52-44-89-45-91-52)82(127)100-58(25-29-68(110)111)77(122)99-60(27-31-70(114)115)79(124)103-65(42-50(9)10)84(129)104-62(39-47(3)4)80(125)96-54(21-13-17-33-86)73(118)94-53(20-12-16-32-85)72(117)92-51(11)71(116)90-36-37-106/h37,44-51,53-65H,12-36,38-43,85-88H2,1-11H3,(H,89,91)(H,90,116)(H,92,117)(H,93,107)(H,94,118)(H,95,119)(H,96,125)(H,97,126)(H,98,121)(H,99,122)(H,100,127)(H,101,120)(H,102,123)(H,103,124)(H,104,129)(H,105,128)(H,108,109)(H,110,111)(H,112,113)(H,114,115)/t51-,53-,54-,55-,56-,57-,58-,59-,60-,61-,62-,63-,64-,65-/m0/s1. The molecule has 15 amide bonds. The quantitative estimate of drug-likeness (QED) is 0.0233. The number of amides is 15. The summed E-state index contributed by atoms with van der Waals surface area (Å²) < 4.78 is 0. The zero-order valence-electron chi connectivity index (χ0n) is 76.3. The molecule has 14 atom stereocenters. The number of aliphatic carboxylic acids is 4. The molecule has 1 rings (SSSR count). The minimum Gasteiger partial charge on any atom is -0.481 e. The van der Waals surface area contributed by atoms with E-state index in [4.69, 9.17) is 22.9 Å². The van der Waals surface area contributed by atoms with Crippen molar-refractivity contribution in [3.63, 3.8) is 0 Å². The fourth-order valence-corrected chi connectivity index (χ4v) is 13.4. The Labute approximate surface area is 752 Å². The first-order chi connectivity index (χ1) is 60.8. The predicted octanol–water partition coefficient (Wildman–Crippen LogP) is -2.72. The van der Waals surface area contributed by atoms with Gasteiger partial charge in [-0.15, -0.1) is 0 Å². The minimum absolute atomic E-state index is 0.00114. The maximum absolute atomic E-state index is 14.8. The lowest BCUT2D eigenvalue weighted by molar-refractivity contribution is -0.140. The van der Waals surface area contributed by atoms with E-state index in [0.29, 0.717) is 50.5 Å². The highest BCUT2D eigenvalue weighted by atomic mass is 16.4. The molecule has 0 spiro atoms. The predicted molar refractivity (Wildman–Crippen MR) is 470 cm³/mol. The third-order valence-electron chi connectivity index (χ3n) is 20.2. The molecular weight excluding hydrogens is 1690 g/mol. The fourth-order valence-electron chi connectivity index (χ4n) is 13.4. The Balaban J connectivity index is 3.81. The van der Waals surface area contributed by atoms with E-state index in [1.165, 1.54) is 19.4 Å². The molecule has 0 aliphatic rings. The van der Waals surface area contributed by atoms with Gasteiger partial charge in [-0.2, -0.15) is 0 Å². The Morgan fingerprint density at radius 1 is 0.302 bits per heavy atom. The van der Waals surface area contributed by atoms with Gasteiger partial charge in [0, 0.05) is 37.6 Å². The van der Waals surface area contributed by atoms with Crippen molar-refractivity contribution in [3.8, 4) is 0 Å². The Bertz CT molecular complexity index is 3770. The van der Waals surface area contributed by atoms with Crippen molar-refractivity contribution >= 4 is 119 Å². The van der Waals surface area contributed by atoms with E-state index in [0.717, 1.165) is 0 Å². The average Bonchev–Trinajstić information content (AvgIpc) is 1.30. The zero-order chi connectivity index (χ0) is 97.6. The van der Waals surface area contributed by atoms with Gasteiger partial charge in [0.1, 0.15) is 90.9 Å². The highest BCUT2D eigenvalue weighted by molar-refractivity contribution is 6.01. The number of carboxylic acids is 4. The van der Waals surface area contributed by atoms with Crippen LogP contribution in [0.2, 0.25) is 0 Å². The molecule has 0 radical (unpaired) electrons. The lowest BCUT2D eigenvalue weighted by Gasteiger charge is -2.29. The maximum atomic E-state index is 14.8. The van der Waals surface area contributed by atoms with Gasteiger partial charge < -0.3 is 133 Å². The Morgan fingerprint density at radius 3 is 0.713 bits per heavy atom. The highest BCUT2D eigenvalue weighted by Gasteiger charge is 2.40. The van der Waals surface area contributed by atoms with Crippen LogP contribution in [0.1, 0.15) is 242 Å². The van der Waals surface area contributed by atoms with Crippen molar-refractivity contribution in [3.05, 3.63) is 18.2 Å². The number of imidazole rings is 1. The number of aldehydes is 1. The van der Waals surface area contributed by atoms with Crippen molar-refractivity contribution in [2.24, 2.45) is 52.5 Å². The topological polar surface area (TPSA) is 736 Å². The van der Waals surface area contributed by atoms with E-state index in [-0.39, 0.29) is 133 Å². The Kier molecular flexibility index (Phi) is 57.0. The van der Waals surface area contributed by atoms with Gasteiger partial charge in [-0.25, -0.2) is 4.98 Å². The molecule has 0 unspecified atom stereocenters. The summed E-state index contributed by atoms with van der Waals surface area (Å²) in [5, 5.41) is 77.4. The molecule has 0 aliphatic heterocycles. The molecular formula is C84H145N21O24. The molecule has 28 N–H and O–H groups in total. The van der Waals surface area contributed by atoms with Crippen LogP contribution in [-0.2, 0) is 102 Å². The normalized spacial score (nSPS) is 14.5. The van der Waals surface area contributed by atoms with Gasteiger partial charge in [-0.3, -0.25) is 91.1 Å². The monoisotopic (exact) mass is 1830 g/mol. The number of carboxylic acid groups (broad SMARTS) is 4. The van der Waals surface area contributed by atoms with Gasteiger partial charge in [-0.1, -0.05) is 69.2 Å². The van der Waals surface area contributed by atoms with Crippen LogP contribution in [0.5, 0.6) is 0 Å². The molecule has 1 aromatic heterocycles. The van der Waals surface area contributed by atoms with Crippen LogP contribution in [0, 0.1) is 29.6 Å². The molecule has 1 aromatic rings. The molecule has 1 heterocycles. The summed E-state index contributed by atoms with van der Waals surface area (Å²) in [6.45, 7) is 18.9. The number of nitrogens with two attached hydrogens (primary N) is 4. The van der Waals surface area contributed by atoms with Gasteiger partial charge in [-0.05, 0) is 198 Å². The van der Waals surface area contributed by atoms with Crippen molar-refractivity contribution in [1.29, 1.82) is 0 Å². The van der Waals surface area contributed by atoms with Crippen LogP contribution in [0.15, 0.2) is 12.5 Å². The van der Waals surface area contributed by atoms with Crippen molar-refractivity contribution in [2.75, 3.05) is 32.7 Å².